The van der Waals surface area contributed by atoms with Gasteiger partial charge in [-0.3, -0.25) is 0 Å². The summed E-state index contributed by atoms with van der Waals surface area (Å²) >= 11 is 0. The lowest BCUT2D eigenvalue weighted by molar-refractivity contribution is 0.807. The van der Waals surface area contributed by atoms with E-state index in [2.05, 4.69) is 156 Å². The summed E-state index contributed by atoms with van der Waals surface area (Å²) in [7, 11) is 0.570. The summed E-state index contributed by atoms with van der Waals surface area (Å²) in [4.78, 5) is 0. The average Bonchev–Trinajstić information content (AvgIpc) is 2.96. The van der Waals surface area contributed by atoms with Gasteiger partial charge < -0.3 is 0 Å². The van der Waals surface area contributed by atoms with Crippen LogP contribution in [-0.2, 0) is 0 Å². The molecule has 0 aromatic heterocycles. The first-order valence-electron chi connectivity index (χ1n) is 16.6. The molecule has 0 bridgehead atoms. The van der Waals surface area contributed by atoms with E-state index in [9.17, 15) is 0 Å². The Hall–Kier alpha value is -2.69. The highest BCUT2D eigenvalue weighted by molar-refractivity contribution is 7.56. The van der Waals surface area contributed by atoms with Crippen molar-refractivity contribution in [3.05, 3.63) is 106 Å². The van der Waals surface area contributed by atoms with Crippen molar-refractivity contribution < 1.29 is 0 Å². The molecule has 4 rings (SSSR count). The summed E-state index contributed by atoms with van der Waals surface area (Å²) < 4.78 is 0. The van der Waals surface area contributed by atoms with Crippen LogP contribution >= 0.6 is 8.58 Å². The smallest absolute Gasteiger partial charge is 0.00696 e. The highest BCUT2D eigenvalue weighted by Gasteiger charge is 2.25. The zero-order valence-corrected chi connectivity index (χ0v) is 29.9. The fraction of sp³-hybridized carbons (Fsp3) is 0.429. The predicted molar refractivity (Wildman–Crippen MR) is 196 cm³/mol. The van der Waals surface area contributed by atoms with Crippen LogP contribution in [0.25, 0.3) is 22.3 Å². The molecular formula is C42H55P. The maximum absolute atomic E-state index is 2.51. The van der Waals surface area contributed by atoms with E-state index >= 15 is 0 Å². The summed E-state index contributed by atoms with van der Waals surface area (Å²) in [5, 5.41) is 2.87. The van der Waals surface area contributed by atoms with Crippen molar-refractivity contribution in [2.45, 2.75) is 119 Å². The fourth-order valence-electron chi connectivity index (χ4n) is 6.30. The van der Waals surface area contributed by atoms with E-state index in [1.165, 1.54) is 66.2 Å². The number of hydrogen-bond donors (Lipinski definition) is 0. The molecule has 0 N–H and O–H groups in total. The molecule has 0 aliphatic rings. The van der Waals surface area contributed by atoms with Gasteiger partial charge >= 0.3 is 0 Å². The molecule has 1 heteroatoms. The Morgan fingerprint density at radius 2 is 0.744 bits per heavy atom. The van der Waals surface area contributed by atoms with Crippen LogP contribution in [-0.4, -0.2) is 0 Å². The number of hydrogen-bond acceptors (Lipinski definition) is 0. The number of benzene rings is 4. The standard InChI is InChI=1S/C42H55P/c1-25(2)31-21-36(27(5)6)40(37(22-31)28(7)8)34-19-16-20-35(42(34)43-33-17-14-13-15-18-33)41-38(29(9)10)23-32(26(3)4)24-39(41)30(11)12/h13-30,43H,1-12H3. The monoisotopic (exact) mass is 590 g/mol. The number of rotatable bonds is 10. The van der Waals surface area contributed by atoms with Gasteiger partial charge in [-0.15, -0.1) is 0 Å². The maximum atomic E-state index is 2.51. The Morgan fingerprint density at radius 1 is 0.395 bits per heavy atom. The zero-order chi connectivity index (χ0) is 31.6. The second-order valence-corrected chi connectivity index (χ2v) is 15.6. The summed E-state index contributed by atoms with van der Waals surface area (Å²) in [6, 6.07) is 28.3. The molecule has 0 saturated carbocycles. The van der Waals surface area contributed by atoms with E-state index in [4.69, 9.17) is 0 Å². The Bertz CT molecular complexity index is 1380. The average molecular weight is 591 g/mol. The molecule has 0 nitrogen and oxygen atoms in total. The summed E-state index contributed by atoms with van der Waals surface area (Å²) in [6.07, 6.45) is 0. The first-order valence-corrected chi connectivity index (χ1v) is 17.6. The van der Waals surface area contributed by atoms with Gasteiger partial charge in [0, 0.05) is 0 Å². The van der Waals surface area contributed by atoms with Crippen LogP contribution in [0.5, 0.6) is 0 Å². The van der Waals surface area contributed by atoms with Crippen molar-refractivity contribution in [1.29, 1.82) is 0 Å². The molecule has 0 aliphatic heterocycles. The van der Waals surface area contributed by atoms with Crippen LogP contribution in [0.3, 0.4) is 0 Å². The van der Waals surface area contributed by atoms with Crippen LogP contribution in [0, 0.1) is 0 Å². The summed E-state index contributed by atoms with van der Waals surface area (Å²) in [6.45, 7) is 28.3. The highest BCUT2D eigenvalue weighted by atomic mass is 31.1. The van der Waals surface area contributed by atoms with Crippen molar-refractivity contribution in [2.24, 2.45) is 0 Å². The van der Waals surface area contributed by atoms with Gasteiger partial charge in [0.15, 0.2) is 0 Å². The third-order valence-electron chi connectivity index (χ3n) is 8.91. The minimum atomic E-state index is 0.436. The van der Waals surface area contributed by atoms with Crippen LogP contribution in [0.1, 0.15) is 152 Å². The van der Waals surface area contributed by atoms with Crippen molar-refractivity contribution >= 4 is 19.2 Å². The molecule has 1 unspecified atom stereocenters. The Morgan fingerprint density at radius 3 is 1.05 bits per heavy atom. The Labute approximate surface area is 265 Å². The Kier molecular flexibility index (Phi) is 10.8. The van der Waals surface area contributed by atoms with Crippen LogP contribution in [0.4, 0.5) is 0 Å². The molecule has 1 atom stereocenters. The van der Waals surface area contributed by atoms with E-state index in [1.807, 2.05) is 0 Å². The van der Waals surface area contributed by atoms with Gasteiger partial charge in [0.25, 0.3) is 0 Å². The van der Waals surface area contributed by atoms with Gasteiger partial charge in [-0.25, -0.2) is 0 Å². The molecule has 0 spiro atoms. The third-order valence-corrected chi connectivity index (χ3v) is 10.3. The minimum Gasteiger partial charge on any atom is -0.0622 e. The lowest BCUT2D eigenvalue weighted by atomic mass is 9.79. The summed E-state index contributed by atoms with van der Waals surface area (Å²) in [5.74, 6) is 2.75. The topological polar surface area (TPSA) is 0 Å². The molecule has 43 heavy (non-hydrogen) atoms. The molecule has 4 aromatic carbocycles. The molecule has 228 valence electrons. The lowest BCUT2D eigenvalue weighted by Crippen LogP contribution is -2.15. The highest BCUT2D eigenvalue weighted by Crippen LogP contribution is 2.44. The van der Waals surface area contributed by atoms with E-state index < -0.39 is 0 Å². The first kappa shape index (κ1) is 33.2. The SMILES string of the molecule is CC(C)c1cc(C(C)C)c(-c2cccc(-c3c(C(C)C)cc(C(C)C)cc3C(C)C)c2Pc2ccccc2)c(C(C)C)c1. The van der Waals surface area contributed by atoms with Gasteiger partial charge in [0.05, 0.1) is 0 Å². The first-order chi connectivity index (χ1) is 20.3. The third kappa shape index (κ3) is 7.18. The van der Waals surface area contributed by atoms with Crippen LogP contribution in [0.2, 0.25) is 0 Å². The van der Waals surface area contributed by atoms with Crippen molar-refractivity contribution in [3.63, 3.8) is 0 Å². The minimum absolute atomic E-state index is 0.436. The predicted octanol–water partition coefficient (Wildman–Crippen LogP) is 12.4. The molecule has 0 heterocycles. The largest absolute Gasteiger partial charge is 0.0622 e. The van der Waals surface area contributed by atoms with E-state index in [0.29, 0.717) is 44.1 Å². The van der Waals surface area contributed by atoms with Crippen LogP contribution in [0.15, 0.2) is 72.8 Å². The van der Waals surface area contributed by atoms with Gasteiger partial charge in [-0.2, -0.15) is 0 Å². The van der Waals surface area contributed by atoms with Gasteiger partial charge in [0.2, 0.25) is 0 Å². The second-order valence-electron chi connectivity index (χ2n) is 14.3. The van der Waals surface area contributed by atoms with Gasteiger partial charge in [-0.1, -0.05) is 164 Å². The van der Waals surface area contributed by atoms with Gasteiger partial charge in [0.1, 0.15) is 0 Å². The quantitative estimate of drug-likeness (QED) is 0.161. The van der Waals surface area contributed by atoms with Crippen molar-refractivity contribution in [3.8, 4) is 22.3 Å². The fourth-order valence-corrected chi connectivity index (χ4v) is 7.64. The van der Waals surface area contributed by atoms with E-state index in [1.54, 1.807) is 0 Å². The Balaban J connectivity index is 2.19. The van der Waals surface area contributed by atoms with Crippen molar-refractivity contribution in [1.82, 2.24) is 0 Å². The molecule has 0 saturated heterocycles. The maximum Gasteiger partial charge on any atom is -0.00696 e. The molecule has 0 amide bonds. The molecule has 0 aliphatic carbocycles. The zero-order valence-electron chi connectivity index (χ0n) is 28.9. The molecule has 4 aromatic rings. The molecule has 0 fully saturated rings. The normalized spacial score (nSPS) is 12.4. The summed E-state index contributed by atoms with van der Waals surface area (Å²) in [5.41, 5.74) is 14.6. The molecule has 0 radical (unpaired) electrons. The van der Waals surface area contributed by atoms with Crippen molar-refractivity contribution in [2.75, 3.05) is 0 Å². The van der Waals surface area contributed by atoms with Gasteiger partial charge in [-0.05, 0) is 102 Å². The second kappa shape index (κ2) is 13.9. The lowest BCUT2D eigenvalue weighted by Gasteiger charge is -2.28. The molecular weight excluding hydrogens is 535 g/mol. The van der Waals surface area contributed by atoms with E-state index in [-0.39, 0.29) is 0 Å². The van der Waals surface area contributed by atoms with Crippen LogP contribution < -0.4 is 10.6 Å². The van der Waals surface area contributed by atoms with E-state index in [0.717, 1.165) is 0 Å².